The van der Waals surface area contributed by atoms with Crippen molar-refractivity contribution in [2.24, 2.45) is 0 Å². The molecule has 0 bridgehead atoms. The van der Waals surface area contributed by atoms with Crippen LogP contribution >= 0.6 is 0 Å². The van der Waals surface area contributed by atoms with E-state index in [1.54, 1.807) is 7.05 Å². The van der Waals surface area contributed by atoms with Crippen LogP contribution in [0.15, 0.2) is 12.1 Å². The van der Waals surface area contributed by atoms with Gasteiger partial charge in [0.15, 0.2) is 24.6 Å². The topological polar surface area (TPSA) is 76.8 Å². The molecule has 166 valence electrons. The second-order valence-corrected chi connectivity index (χ2v) is 8.02. The monoisotopic (exact) mass is 420 g/mol. The number of hydrogen-bond acceptors (Lipinski definition) is 4. The molecule has 3 rings (SSSR count). The van der Waals surface area contributed by atoms with Crippen molar-refractivity contribution in [1.82, 2.24) is 10.2 Å². The summed E-state index contributed by atoms with van der Waals surface area (Å²) >= 11 is 0. The minimum atomic E-state index is 0.0557. The Labute approximate surface area is 179 Å². The normalized spacial score (nSPS) is 19.2. The van der Waals surface area contributed by atoms with E-state index in [-0.39, 0.29) is 11.8 Å². The Morgan fingerprint density at radius 3 is 2.20 bits per heavy atom. The number of piperazine rings is 1. The zero-order chi connectivity index (χ0) is 21.5. The molecular weight excluding hydrogens is 384 g/mol. The third-order valence-corrected chi connectivity index (χ3v) is 5.97. The standard InChI is InChI=1S/C22H34N4O4/c1-4-29-19-12-17-6-7-25(14-18(17)13-20(19)30-5-2)16-22(28)26-10-8-24(9-11-26)15-21(27)23-3/h12-13H,4-11,14-16H2,1-3H3,(H,23,27)/p+2. The summed E-state index contributed by atoms with van der Waals surface area (Å²) in [7, 11) is 1.66. The fourth-order valence-electron chi connectivity index (χ4n) is 4.29. The number of likely N-dealkylation sites (N-methyl/N-ethyl adjacent to an activating group) is 1. The van der Waals surface area contributed by atoms with Crippen LogP contribution in [0.25, 0.3) is 0 Å². The third kappa shape index (κ3) is 5.64. The van der Waals surface area contributed by atoms with Crippen LogP contribution in [0, 0.1) is 0 Å². The molecule has 1 aromatic rings. The molecule has 2 aliphatic heterocycles. The van der Waals surface area contributed by atoms with E-state index in [4.69, 9.17) is 9.47 Å². The molecule has 2 aliphatic rings. The molecule has 1 atom stereocenters. The Hall–Kier alpha value is -2.32. The first kappa shape index (κ1) is 22.4. The first-order valence-corrected chi connectivity index (χ1v) is 11.1. The molecule has 8 nitrogen and oxygen atoms in total. The van der Waals surface area contributed by atoms with Gasteiger partial charge in [-0.3, -0.25) is 9.59 Å². The Balaban J connectivity index is 1.55. The van der Waals surface area contributed by atoms with Gasteiger partial charge in [-0.15, -0.1) is 0 Å². The summed E-state index contributed by atoms with van der Waals surface area (Å²) in [5.74, 6) is 1.87. The Bertz CT molecular complexity index is 747. The van der Waals surface area contributed by atoms with E-state index in [1.165, 1.54) is 20.9 Å². The first-order valence-electron chi connectivity index (χ1n) is 11.1. The van der Waals surface area contributed by atoms with Crippen LogP contribution in [0.5, 0.6) is 11.5 Å². The molecule has 2 amide bonds. The third-order valence-electron chi connectivity index (χ3n) is 5.97. The fraction of sp³-hybridized carbons (Fsp3) is 0.636. The summed E-state index contributed by atoms with van der Waals surface area (Å²) in [6.07, 6.45) is 0.939. The average Bonchev–Trinajstić information content (AvgIpc) is 2.75. The maximum Gasteiger partial charge on any atom is 0.278 e. The Morgan fingerprint density at radius 1 is 0.967 bits per heavy atom. The van der Waals surface area contributed by atoms with E-state index < -0.39 is 0 Å². The van der Waals surface area contributed by atoms with Gasteiger partial charge in [-0.2, -0.15) is 0 Å². The lowest BCUT2D eigenvalue weighted by Gasteiger charge is -2.33. The van der Waals surface area contributed by atoms with Gasteiger partial charge >= 0.3 is 0 Å². The number of quaternary nitrogens is 2. The van der Waals surface area contributed by atoms with Crippen molar-refractivity contribution in [3.8, 4) is 11.5 Å². The smallest absolute Gasteiger partial charge is 0.278 e. The lowest BCUT2D eigenvalue weighted by Crippen LogP contribution is -3.16. The summed E-state index contributed by atoms with van der Waals surface area (Å²) < 4.78 is 11.5. The number of carbonyl (C=O) groups is 2. The zero-order valence-electron chi connectivity index (χ0n) is 18.5. The van der Waals surface area contributed by atoms with E-state index >= 15 is 0 Å². The van der Waals surface area contributed by atoms with Gasteiger partial charge in [-0.25, -0.2) is 0 Å². The Kier molecular flexibility index (Phi) is 7.93. The molecule has 2 heterocycles. The maximum absolute atomic E-state index is 12.8. The van der Waals surface area contributed by atoms with Gasteiger partial charge < -0.3 is 29.5 Å². The van der Waals surface area contributed by atoms with Gasteiger partial charge in [0.05, 0.1) is 45.9 Å². The van der Waals surface area contributed by atoms with Crippen LogP contribution in [0.2, 0.25) is 0 Å². The van der Waals surface area contributed by atoms with E-state index in [9.17, 15) is 9.59 Å². The lowest BCUT2D eigenvalue weighted by molar-refractivity contribution is -0.909. The highest BCUT2D eigenvalue weighted by molar-refractivity contribution is 5.77. The van der Waals surface area contributed by atoms with Crippen LogP contribution in [-0.2, 0) is 22.6 Å². The van der Waals surface area contributed by atoms with Crippen molar-refractivity contribution < 1.29 is 28.9 Å². The highest BCUT2D eigenvalue weighted by Crippen LogP contribution is 2.32. The predicted molar refractivity (Wildman–Crippen MR) is 113 cm³/mol. The highest BCUT2D eigenvalue weighted by atomic mass is 16.5. The van der Waals surface area contributed by atoms with Crippen molar-refractivity contribution in [3.05, 3.63) is 23.3 Å². The molecule has 1 unspecified atom stereocenters. The molecule has 1 saturated heterocycles. The van der Waals surface area contributed by atoms with Crippen molar-refractivity contribution in [1.29, 1.82) is 0 Å². The summed E-state index contributed by atoms with van der Waals surface area (Å²) in [5.41, 5.74) is 2.54. The van der Waals surface area contributed by atoms with Crippen LogP contribution in [0.1, 0.15) is 25.0 Å². The number of benzene rings is 1. The van der Waals surface area contributed by atoms with E-state index in [0.717, 1.165) is 57.2 Å². The van der Waals surface area contributed by atoms with Crippen molar-refractivity contribution >= 4 is 11.8 Å². The molecule has 0 spiro atoms. The number of rotatable bonds is 8. The largest absolute Gasteiger partial charge is 0.490 e. The summed E-state index contributed by atoms with van der Waals surface area (Å²) in [4.78, 5) is 28.9. The van der Waals surface area contributed by atoms with Gasteiger partial charge in [0.1, 0.15) is 6.54 Å². The molecule has 0 aromatic heterocycles. The van der Waals surface area contributed by atoms with Crippen molar-refractivity contribution in [2.45, 2.75) is 26.8 Å². The van der Waals surface area contributed by atoms with Crippen LogP contribution < -0.4 is 24.6 Å². The van der Waals surface area contributed by atoms with Gasteiger partial charge in [0, 0.05) is 19.0 Å². The number of nitrogens with one attached hydrogen (secondary N) is 3. The molecule has 1 aromatic carbocycles. The number of ether oxygens (including phenoxy) is 2. The lowest BCUT2D eigenvalue weighted by atomic mass is 9.98. The number of hydrogen-bond donors (Lipinski definition) is 3. The molecule has 1 fully saturated rings. The number of fused-ring (bicyclic) bond motifs is 1. The summed E-state index contributed by atoms with van der Waals surface area (Å²) in [6, 6.07) is 4.20. The van der Waals surface area contributed by atoms with Crippen LogP contribution in [0.4, 0.5) is 0 Å². The predicted octanol–water partition coefficient (Wildman–Crippen LogP) is -2.10. The summed E-state index contributed by atoms with van der Waals surface area (Å²) in [5, 5.41) is 2.67. The average molecular weight is 421 g/mol. The van der Waals surface area contributed by atoms with Gasteiger partial charge in [0.2, 0.25) is 0 Å². The van der Waals surface area contributed by atoms with Crippen molar-refractivity contribution in [2.75, 3.05) is 66.1 Å². The number of nitrogens with zero attached hydrogens (tertiary/aromatic N) is 1. The van der Waals surface area contributed by atoms with Crippen LogP contribution in [0.3, 0.4) is 0 Å². The number of amides is 2. The molecule has 8 heteroatoms. The second-order valence-electron chi connectivity index (χ2n) is 8.02. The molecule has 0 saturated carbocycles. The molecule has 0 aliphatic carbocycles. The minimum absolute atomic E-state index is 0.0557. The Morgan fingerprint density at radius 2 is 1.60 bits per heavy atom. The molecule has 0 radical (unpaired) electrons. The maximum atomic E-state index is 12.8. The molecular formula is C22H36N4O4+2. The van der Waals surface area contributed by atoms with Gasteiger partial charge in [0.25, 0.3) is 11.8 Å². The number of carbonyl (C=O) groups excluding carboxylic acids is 2. The first-order chi connectivity index (χ1) is 14.5. The van der Waals surface area contributed by atoms with Gasteiger partial charge in [-0.1, -0.05) is 0 Å². The fourth-order valence-corrected chi connectivity index (χ4v) is 4.29. The van der Waals surface area contributed by atoms with E-state index in [1.807, 2.05) is 18.7 Å². The second kappa shape index (κ2) is 10.6. The molecule has 3 N–H and O–H groups in total. The minimum Gasteiger partial charge on any atom is -0.490 e. The van der Waals surface area contributed by atoms with Gasteiger partial charge in [-0.05, 0) is 31.5 Å². The highest BCUT2D eigenvalue weighted by Gasteiger charge is 2.29. The van der Waals surface area contributed by atoms with E-state index in [2.05, 4.69) is 17.4 Å². The van der Waals surface area contributed by atoms with Crippen molar-refractivity contribution in [3.63, 3.8) is 0 Å². The van der Waals surface area contributed by atoms with Crippen LogP contribution in [-0.4, -0.2) is 82.8 Å². The SMILES string of the molecule is CCOc1cc2c(cc1OCC)C[NH+](CC(=O)N1CC[NH+](CC(=O)NC)CC1)CC2. The molecule has 30 heavy (non-hydrogen) atoms. The quantitative estimate of drug-likeness (QED) is 0.450. The summed E-state index contributed by atoms with van der Waals surface area (Å²) in [6.45, 7) is 11.0. The van der Waals surface area contributed by atoms with E-state index in [0.29, 0.717) is 26.3 Å². The zero-order valence-corrected chi connectivity index (χ0v) is 18.5.